The van der Waals surface area contributed by atoms with E-state index in [9.17, 15) is 9.50 Å². The van der Waals surface area contributed by atoms with Crippen molar-refractivity contribution in [3.05, 3.63) is 59.9 Å². The van der Waals surface area contributed by atoms with Crippen LogP contribution in [0, 0.1) is 17.7 Å². The van der Waals surface area contributed by atoms with E-state index in [2.05, 4.69) is 11.8 Å². The number of halogens is 1. The molecule has 0 aliphatic carbocycles. The molecular weight excluding hydrogens is 283 g/mol. The van der Waals surface area contributed by atoms with E-state index in [0.717, 1.165) is 0 Å². The van der Waals surface area contributed by atoms with Gasteiger partial charge in [0, 0.05) is 6.42 Å². The third kappa shape index (κ3) is 4.32. The van der Waals surface area contributed by atoms with Gasteiger partial charge in [-0.3, -0.25) is 0 Å². The van der Waals surface area contributed by atoms with Gasteiger partial charge in [-0.05, 0) is 48.9 Å². The van der Waals surface area contributed by atoms with E-state index in [0.29, 0.717) is 23.5 Å². The van der Waals surface area contributed by atoms with Gasteiger partial charge < -0.3 is 14.9 Å². The minimum Gasteiger partial charge on any atom is -0.457 e. The number of ether oxygens (including phenoxy) is 1. The van der Waals surface area contributed by atoms with Crippen LogP contribution in [0.15, 0.2) is 48.5 Å². The predicted molar refractivity (Wildman–Crippen MR) is 82.0 cm³/mol. The van der Waals surface area contributed by atoms with Crippen LogP contribution in [0.1, 0.15) is 18.9 Å². The van der Waals surface area contributed by atoms with Crippen LogP contribution < -0.4 is 4.74 Å². The zero-order chi connectivity index (χ0) is 16.0. The minimum absolute atomic E-state index is 0.0342. The summed E-state index contributed by atoms with van der Waals surface area (Å²) < 4.78 is 18.4. The fraction of sp³-hybridized carbons (Fsp3) is 0.222. The molecule has 0 saturated heterocycles. The molecule has 0 heterocycles. The maximum atomic E-state index is 12.8. The highest BCUT2D eigenvalue weighted by Crippen LogP contribution is 2.25. The highest BCUT2D eigenvalue weighted by atomic mass is 19.1. The van der Waals surface area contributed by atoms with Crippen LogP contribution in [-0.2, 0) is 5.60 Å². The third-order valence-corrected chi connectivity index (χ3v) is 3.03. The summed E-state index contributed by atoms with van der Waals surface area (Å²) in [6, 6.07) is 12.6. The molecule has 0 amide bonds. The Labute approximate surface area is 129 Å². The van der Waals surface area contributed by atoms with Gasteiger partial charge in [0.1, 0.15) is 22.9 Å². The second kappa shape index (κ2) is 7.08. The van der Waals surface area contributed by atoms with Crippen molar-refractivity contribution in [1.82, 2.24) is 0 Å². The maximum Gasteiger partial charge on any atom is 0.148 e. The SMILES string of the molecule is CC(O)(C#CCCO)c1ccc(Oc2ccc(F)cc2)cc1. The lowest BCUT2D eigenvalue weighted by Crippen LogP contribution is -2.18. The van der Waals surface area contributed by atoms with Gasteiger partial charge in [0.15, 0.2) is 0 Å². The summed E-state index contributed by atoms with van der Waals surface area (Å²) in [6.07, 6.45) is 0.321. The van der Waals surface area contributed by atoms with E-state index in [-0.39, 0.29) is 12.4 Å². The highest BCUT2D eigenvalue weighted by Gasteiger charge is 2.19. The quantitative estimate of drug-likeness (QED) is 0.852. The predicted octanol–water partition coefficient (Wildman–Crippen LogP) is 3.21. The summed E-state index contributed by atoms with van der Waals surface area (Å²) in [5.74, 6) is 6.22. The van der Waals surface area contributed by atoms with Crippen LogP contribution in [-0.4, -0.2) is 16.8 Å². The Morgan fingerprint density at radius 2 is 1.59 bits per heavy atom. The fourth-order valence-electron chi connectivity index (χ4n) is 1.85. The summed E-state index contributed by atoms with van der Waals surface area (Å²) in [5.41, 5.74) is -0.659. The van der Waals surface area contributed by atoms with Crippen LogP contribution in [0.3, 0.4) is 0 Å². The fourth-order valence-corrected chi connectivity index (χ4v) is 1.85. The average Bonchev–Trinajstić information content (AvgIpc) is 2.50. The third-order valence-electron chi connectivity index (χ3n) is 3.03. The van der Waals surface area contributed by atoms with Gasteiger partial charge in [-0.15, -0.1) is 0 Å². The molecule has 0 aromatic heterocycles. The van der Waals surface area contributed by atoms with Crippen LogP contribution in [0.25, 0.3) is 0 Å². The first-order valence-electron chi connectivity index (χ1n) is 6.88. The number of benzene rings is 2. The molecule has 0 saturated carbocycles. The number of hydrogen-bond donors (Lipinski definition) is 2. The van der Waals surface area contributed by atoms with E-state index >= 15 is 0 Å². The van der Waals surface area contributed by atoms with Crippen molar-refractivity contribution in [2.75, 3.05) is 6.61 Å². The molecule has 0 aliphatic rings. The molecule has 114 valence electrons. The maximum absolute atomic E-state index is 12.8. The monoisotopic (exact) mass is 300 g/mol. The lowest BCUT2D eigenvalue weighted by molar-refractivity contribution is 0.122. The first-order chi connectivity index (χ1) is 10.5. The minimum atomic E-state index is -1.29. The molecule has 2 aromatic rings. The van der Waals surface area contributed by atoms with Gasteiger partial charge >= 0.3 is 0 Å². The van der Waals surface area contributed by atoms with E-state index in [1.165, 1.54) is 12.1 Å². The number of aliphatic hydroxyl groups excluding tert-OH is 1. The van der Waals surface area contributed by atoms with Crippen molar-refractivity contribution in [1.29, 1.82) is 0 Å². The van der Waals surface area contributed by atoms with Crippen molar-refractivity contribution in [2.45, 2.75) is 18.9 Å². The van der Waals surface area contributed by atoms with Gasteiger partial charge in [-0.2, -0.15) is 0 Å². The smallest absolute Gasteiger partial charge is 0.148 e. The van der Waals surface area contributed by atoms with E-state index < -0.39 is 5.60 Å². The van der Waals surface area contributed by atoms with Crippen molar-refractivity contribution in [3.8, 4) is 23.3 Å². The lowest BCUT2D eigenvalue weighted by Gasteiger charge is -2.17. The Kier molecular flexibility index (Phi) is 5.16. The normalized spacial score (nSPS) is 12.9. The molecule has 0 aliphatic heterocycles. The van der Waals surface area contributed by atoms with Gasteiger partial charge in [0.25, 0.3) is 0 Å². The molecule has 0 spiro atoms. The topological polar surface area (TPSA) is 49.7 Å². The Bertz CT molecular complexity index is 664. The second-order valence-electron chi connectivity index (χ2n) is 4.93. The van der Waals surface area contributed by atoms with E-state index in [1.54, 1.807) is 43.3 Å². The highest BCUT2D eigenvalue weighted by molar-refractivity contribution is 5.37. The average molecular weight is 300 g/mol. The molecule has 0 bridgehead atoms. The second-order valence-corrected chi connectivity index (χ2v) is 4.93. The molecule has 0 radical (unpaired) electrons. The molecule has 1 unspecified atom stereocenters. The van der Waals surface area contributed by atoms with Crippen molar-refractivity contribution in [3.63, 3.8) is 0 Å². The zero-order valence-electron chi connectivity index (χ0n) is 12.2. The molecule has 2 N–H and O–H groups in total. The molecule has 2 aromatic carbocycles. The van der Waals surface area contributed by atoms with Gasteiger partial charge in [0.05, 0.1) is 6.61 Å². The van der Waals surface area contributed by atoms with Crippen molar-refractivity contribution in [2.24, 2.45) is 0 Å². The molecule has 22 heavy (non-hydrogen) atoms. The number of aliphatic hydroxyl groups is 2. The Morgan fingerprint density at radius 1 is 1.05 bits per heavy atom. The summed E-state index contributed by atoms with van der Waals surface area (Å²) in [4.78, 5) is 0. The van der Waals surface area contributed by atoms with Crippen molar-refractivity contribution < 1.29 is 19.3 Å². The van der Waals surface area contributed by atoms with Gasteiger partial charge in [-0.1, -0.05) is 24.0 Å². The molecule has 4 heteroatoms. The summed E-state index contributed by atoms with van der Waals surface area (Å²) in [7, 11) is 0. The van der Waals surface area contributed by atoms with Crippen LogP contribution in [0.5, 0.6) is 11.5 Å². The summed E-state index contributed by atoms with van der Waals surface area (Å²) in [6.45, 7) is 1.56. The van der Waals surface area contributed by atoms with E-state index in [4.69, 9.17) is 9.84 Å². The standard InChI is InChI=1S/C18H17FO3/c1-18(21,12-2-3-13-20)14-4-8-16(9-5-14)22-17-10-6-15(19)7-11-17/h4-11,20-21H,3,13H2,1H3. The molecule has 0 fully saturated rings. The van der Waals surface area contributed by atoms with E-state index in [1.807, 2.05) is 0 Å². The summed E-state index contributed by atoms with van der Waals surface area (Å²) >= 11 is 0. The largest absolute Gasteiger partial charge is 0.457 e. The molecule has 3 nitrogen and oxygen atoms in total. The first-order valence-corrected chi connectivity index (χ1v) is 6.88. The summed E-state index contributed by atoms with van der Waals surface area (Å²) in [5, 5.41) is 19.0. The van der Waals surface area contributed by atoms with Crippen molar-refractivity contribution >= 4 is 0 Å². The number of hydrogen-bond acceptors (Lipinski definition) is 3. The zero-order valence-corrected chi connectivity index (χ0v) is 12.2. The van der Waals surface area contributed by atoms with Gasteiger partial charge in [-0.25, -0.2) is 4.39 Å². The van der Waals surface area contributed by atoms with Crippen LogP contribution in [0.4, 0.5) is 4.39 Å². The molecule has 1 atom stereocenters. The molecular formula is C18H17FO3. The first kappa shape index (κ1) is 16.0. The van der Waals surface area contributed by atoms with Gasteiger partial charge in [0.2, 0.25) is 0 Å². The van der Waals surface area contributed by atoms with Crippen LogP contribution >= 0.6 is 0 Å². The Morgan fingerprint density at radius 3 is 2.14 bits per heavy atom. The Balaban J connectivity index is 2.10. The number of rotatable bonds is 4. The Hall–Kier alpha value is -2.35. The molecule has 2 rings (SSSR count). The van der Waals surface area contributed by atoms with Crippen LogP contribution in [0.2, 0.25) is 0 Å². The lowest BCUT2D eigenvalue weighted by atomic mass is 9.96.